The van der Waals surface area contributed by atoms with Gasteiger partial charge in [-0.05, 0) is 31.5 Å². The van der Waals surface area contributed by atoms with E-state index in [1.54, 1.807) is 24.3 Å². The summed E-state index contributed by atoms with van der Waals surface area (Å²) in [6, 6.07) is 3.89. The minimum atomic E-state index is 0.0369. The van der Waals surface area contributed by atoms with E-state index in [0.717, 1.165) is 12.0 Å². The molecule has 0 spiro atoms. The van der Waals surface area contributed by atoms with Crippen molar-refractivity contribution in [3.8, 4) is 0 Å². The van der Waals surface area contributed by atoms with Gasteiger partial charge in [0.1, 0.15) is 0 Å². The first kappa shape index (κ1) is 14.4. The summed E-state index contributed by atoms with van der Waals surface area (Å²) in [7, 11) is 1.81. The van der Waals surface area contributed by atoms with Gasteiger partial charge in [0, 0.05) is 39.1 Å². The van der Waals surface area contributed by atoms with Crippen LogP contribution in [0.15, 0.2) is 24.5 Å². The van der Waals surface area contributed by atoms with Gasteiger partial charge in [0.15, 0.2) is 0 Å². The third-order valence-electron chi connectivity index (χ3n) is 2.80. The number of carbonyl (C=O) groups is 1. The predicted molar refractivity (Wildman–Crippen MR) is 72.0 cm³/mol. The van der Waals surface area contributed by atoms with Crippen LogP contribution in [0.25, 0.3) is 0 Å². The van der Waals surface area contributed by atoms with Crippen LogP contribution in [0.2, 0.25) is 0 Å². The Balaban J connectivity index is 2.69. The maximum absolute atomic E-state index is 12.2. The van der Waals surface area contributed by atoms with E-state index in [4.69, 9.17) is 5.73 Å². The molecule has 0 bridgehead atoms. The normalized spacial score (nSPS) is 10.2. The second-order valence-electron chi connectivity index (χ2n) is 4.22. The molecule has 1 aromatic rings. The van der Waals surface area contributed by atoms with Gasteiger partial charge in [-0.1, -0.05) is 6.07 Å². The van der Waals surface area contributed by atoms with Crippen molar-refractivity contribution in [2.45, 2.75) is 19.9 Å². The fourth-order valence-corrected chi connectivity index (χ4v) is 1.61. The average molecular weight is 250 g/mol. The minimum absolute atomic E-state index is 0.0369. The zero-order chi connectivity index (χ0) is 13.4. The van der Waals surface area contributed by atoms with Crippen molar-refractivity contribution in [2.24, 2.45) is 5.73 Å². The van der Waals surface area contributed by atoms with Gasteiger partial charge in [0.2, 0.25) is 0 Å². The molecule has 1 rings (SSSR count). The summed E-state index contributed by atoms with van der Waals surface area (Å²) in [6.45, 7) is 4.51. The standard InChI is InChI=1S/C13H22N4O/c1-3-16(2)13(18)17(9-5-7-14)11-12-6-4-8-15-10-12/h4,6,8,10H,3,5,7,9,11,14H2,1-2H3. The molecule has 0 aliphatic rings. The topological polar surface area (TPSA) is 62.5 Å². The first-order valence-electron chi connectivity index (χ1n) is 6.28. The van der Waals surface area contributed by atoms with Crippen molar-refractivity contribution in [2.75, 3.05) is 26.7 Å². The molecule has 0 aliphatic heterocycles. The second kappa shape index (κ2) is 7.66. The van der Waals surface area contributed by atoms with Crippen LogP contribution in [-0.4, -0.2) is 47.5 Å². The van der Waals surface area contributed by atoms with Crippen LogP contribution < -0.4 is 5.73 Å². The summed E-state index contributed by atoms with van der Waals surface area (Å²) in [5.41, 5.74) is 6.55. The molecule has 18 heavy (non-hydrogen) atoms. The summed E-state index contributed by atoms with van der Waals surface area (Å²) in [5, 5.41) is 0. The Kier molecular flexibility index (Phi) is 6.14. The fraction of sp³-hybridized carbons (Fsp3) is 0.538. The van der Waals surface area contributed by atoms with E-state index in [1.165, 1.54) is 0 Å². The molecular formula is C13H22N4O. The van der Waals surface area contributed by atoms with E-state index in [0.29, 0.717) is 26.2 Å². The number of aromatic nitrogens is 1. The lowest BCUT2D eigenvalue weighted by Gasteiger charge is -2.27. The Morgan fingerprint density at radius 1 is 1.50 bits per heavy atom. The molecule has 5 nitrogen and oxygen atoms in total. The van der Waals surface area contributed by atoms with Crippen LogP contribution in [-0.2, 0) is 6.54 Å². The van der Waals surface area contributed by atoms with Crippen molar-refractivity contribution in [3.63, 3.8) is 0 Å². The van der Waals surface area contributed by atoms with Crippen molar-refractivity contribution < 1.29 is 4.79 Å². The maximum atomic E-state index is 12.2. The molecule has 0 aliphatic carbocycles. The summed E-state index contributed by atoms with van der Waals surface area (Å²) in [5.74, 6) is 0. The molecule has 0 saturated carbocycles. The molecule has 2 amide bonds. The number of urea groups is 1. The first-order valence-corrected chi connectivity index (χ1v) is 6.28. The van der Waals surface area contributed by atoms with E-state index >= 15 is 0 Å². The van der Waals surface area contributed by atoms with E-state index < -0.39 is 0 Å². The first-order chi connectivity index (χ1) is 8.69. The molecule has 0 unspecified atom stereocenters. The molecule has 0 fully saturated rings. The highest BCUT2D eigenvalue weighted by Crippen LogP contribution is 2.06. The number of nitrogens with zero attached hydrogens (tertiary/aromatic N) is 3. The van der Waals surface area contributed by atoms with Crippen LogP contribution >= 0.6 is 0 Å². The van der Waals surface area contributed by atoms with E-state index in [9.17, 15) is 4.79 Å². The highest BCUT2D eigenvalue weighted by Gasteiger charge is 2.16. The Morgan fingerprint density at radius 2 is 2.28 bits per heavy atom. The quantitative estimate of drug-likeness (QED) is 0.828. The van der Waals surface area contributed by atoms with Gasteiger partial charge < -0.3 is 15.5 Å². The van der Waals surface area contributed by atoms with Crippen molar-refractivity contribution in [1.29, 1.82) is 0 Å². The average Bonchev–Trinajstić information content (AvgIpc) is 2.42. The van der Waals surface area contributed by atoms with E-state index in [1.807, 2.05) is 24.0 Å². The van der Waals surface area contributed by atoms with Crippen molar-refractivity contribution >= 4 is 6.03 Å². The highest BCUT2D eigenvalue weighted by molar-refractivity contribution is 5.74. The number of carbonyl (C=O) groups excluding carboxylic acids is 1. The van der Waals surface area contributed by atoms with Crippen LogP contribution in [0.1, 0.15) is 18.9 Å². The van der Waals surface area contributed by atoms with E-state index in [-0.39, 0.29) is 6.03 Å². The molecule has 100 valence electrons. The Labute approximate surface area is 109 Å². The molecule has 0 atom stereocenters. The third-order valence-corrected chi connectivity index (χ3v) is 2.80. The second-order valence-corrected chi connectivity index (χ2v) is 4.22. The van der Waals surface area contributed by atoms with Crippen molar-refractivity contribution in [1.82, 2.24) is 14.8 Å². The van der Waals surface area contributed by atoms with Crippen LogP contribution in [0.5, 0.6) is 0 Å². The molecule has 0 aromatic carbocycles. The lowest BCUT2D eigenvalue weighted by molar-refractivity contribution is 0.161. The van der Waals surface area contributed by atoms with Gasteiger partial charge in [-0.15, -0.1) is 0 Å². The highest BCUT2D eigenvalue weighted by atomic mass is 16.2. The summed E-state index contributed by atoms with van der Waals surface area (Å²) in [4.78, 5) is 19.8. The third kappa shape index (κ3) is 4.33. The zero-order valence-corrected chi connectivity index (χ0v) is 11.2. The van der Waals surface area contributed by atoms with Gasteiger partial charge in [0.25, 0.3) is 0 Å². The Morgan fingerprint density at radius 3 is 2.83 bits per heavy atom. The Bertz CT molecular complexity index is 355. The predicted octanol–water partition coefficient (Wildman–Crippen LogP) is 1.30. The molecule has 5 heteroatoms. The Hall–Kier alpha value is -1.62. The van der Waals surface area contributed by atoms with Crippen molar-refractivity contribution in [3.05, 3.63) is 30.1 Å². The monoisotopic (exact) mass is 250 g/mol. The lowest BCUT2D eigenvalue weighted by Crippen LogP contribution is -2.41. The largest absolute Gasteiger partial charge is 0.330 e. The number of hydrogen-bond acceptors (Lipinski definition) is 3. The SMILES string of the molecule is CCN(C)C(=O)N(CCCN)Cc1cccnc1. The number of pyridine rings is 1. The molecule has 1 heterocycles. The van der Waals surface area contributed by atoms with Crippen LogP contribution in [0, 0.1) is 0 Å². The van der Waals surface area contributed by atoms with Gasteiger partial charge in [0.05, 0.1) is 0 Å². The molecule has 1 aromatic heterocycles. The van der Waals surface area contributed by atoms with E-state index in [2.05, 4.69) is 4.98 Å². The van der Waals surface area contributed by atoms with Gasteiger partial charge in [-0.3, -0.25) is 4.98 Å². The smallest absolute Gasteiger partial charge is 0.320 e. The lowest BCUT2D eigenvalue weighted by atomic mass is 10.2. The molecular weight excluding hydrogens is 228 g/mol. The molecule has 0 radical (unpaired) electrons. The van der Waals surface area contributed by atoms with Gasteiger partial charge >= 0.3 is 6.03 Å². The van der Waals surface area contributed by atoms with Crippen LogP contribution in [0.3, 0.4) is 0 Å². The van der Waals surface area contributed by atoms with Crippen LogP contribution in [0.4, 0.5) is 4.79 Å². The molecule has 2 N–H and O–H groups in total. The van der Waals surface area contributed by atoms with Gasteiger partial charge in [-0.2, -0.15) is 0 Å². The zero-order valence-electron chi connectivity index (χ0n) is 11.2. The summed E-state index contributed by atoms with van der Waals surface area (Å²) in [6.07, 6.45) is 4.33. The summed E-state index contributed by atoms with van der Waals surface area (Å²) >= 11 is 0. The fourth-order valence-electron chi connectivity index (χ4n) is 1.61. The number of amides is 2. The van der Waals surface area contributed by atoms with Gasteiger partial charge in [-0.25, -0.2) is 4.79 Å². The summed E-state index contributed by atoms with van der Waals surface area (Å²) < 4.78 is 0. The number of nitrogens with two attached hydrogens (primary N) is 1. The maximum Gasteiger partial charge on any atom is 0.320 e. The number of hydrogen-bond donors (Lipinski definition) is 1. The minimum Gasteiger partial charge on any atom is -0.330 e. The molecule has 0 saturated heterocycles. The number of rotatable bonds is 6.